The highest BCUT2D eigenvalue weighted by Crippen LogP contribution is 2.36. The fourth-order valence-electron chi connectivity index (χ4n) is 5.33. The van der Waals surface area contributed by atoms with E-state index in [1.807, 2.05) is 6.92 Å². The molecule has 1 saturated heterocycles. The molecular weight excluding hydrogens is 614 g/mol. The van der Waals surface area contributed by atoms with Gasteiger partial charge >= 0.3 is 5.97 Å². The number of carbonyl (C=O) groups excluding carboxylic acids is 2. The zero-order chi connectivity index (χ0) is 32.8. The second kappa shape index (κ2) is 14.6. The lowest BCUT2D eigenvalue weighted by molar-refractivity contribution is -0.139. The van der Waals surface area contributed by atoms with Crippen LogP contribution in [-0.4, -0.2) is 81.7 Å². The first-order chi connectivity index (χ1) is 22.3. The van der Waals surface area contributed by atoms with E-state index < -0.39 is 12.0 Å². The van der Waals surface area contributed by atoms with Gasteiger partial charge in [0.15, 0.2) is 34.4 Å². The van der Waals surface area contributed by atoms with Crippen LogP contribution in [-0.2, 0) is 19.1 Å². The smallest absolute Gasteiger partial charge is 0.338 e. The van der Waals surface area contributed by atoms with Crippen LogP contribution in [0.5, 0.6) is 23.0 Å². The number of hydrogen-bond donors (Lipinski definition) is 0. The molecule has 0 N–H and O–H groups in total. The Morgan fingerprint density at radius 3 is 2.41 bits per heavy atom. The van der Waals surface area contributed by atoms with Crippen molar-refractivity contribution in [3.8, 4) is 23.0 Å². The molecule has 12 nitrogen and oxygen atoms in total. The lowest BCUT2D eigenvalue weighted by Crippen LogP contribution is -2.43. The molecule has 2 aliphatic rings. The molecule has 0 spiro atoms. The molecule has 0 unspecified atom stereocenters. The number of carbonyl (C=O) groups is 2. The SMILES string of the molecule is CCOC(=O)C1=C(C)N=c2s/c(=C/c3ccc(OCC(=O)N4CCOCC4)c(OC)c3)c(=O)n2[C@@H]1c1ccc(OC)c(OCC)c1. The van der Waals surface area contributed by atoms with E-state index in [9.17, 15) is 14.4 Å². The summed E-state index contributed by atoms with van der Waals surface area (Å²) in [7, 11) is 3.06. The van der Waals surface area contributed by atoms with Crippen molar-refractivity contribution in [2.75, 3.05) is 60.3 Å². The van der Waals surface area contributed by atoms with E-state index in [0.717, 1.165) is 0 Å². The first-order valence-electron chi connectivity index (χ1n) is 15.0. The van der Waals surface area contributed by atoms with E-state index >= 15 is 0 Å². The molecule has 0 radical (unpaired) electrons. The number of rotatable bonds is 11. The Labute approximate surface area is 270 Å². The van der Waals surface area contributed by atoms with Crippen LogP contribution in [0.3, 0.4) is 0 Å². The highest BCUT2D eigenvalue weighted by Gasteiger charge is 2.34. The summed E-state index contributed by atoms with van der Waals surface area (Å²) in [5, 5.41) is 0. The van der Waals surface area contributed by atoms with Crippen molar-refractivity contribution in [3.63, 3.8) is 0 Å². The molecule has 0 aliphatic carbocycles. The van der Waals surface area contributed by atoms with Gasteiger partial charge in [-0.2, -0.15) is 0 Å². The van der Waals surface area contributed by atoms with Gasteiger partial charge in [-0.25, -0.2) is 9.79 Å². The van der Waals surface area contributed by atoms with Crippen molar-refractivity contribution in [2.24, 2.45) is 4.99 Å². The van der Waals surface area contributed by atoms with E-state index in [1.54, 1.807) is 68.3 Å². The molecule has 2 aliphatic heterocycles. The summed E-state index contributed by atoms with van der Waals surface area (Å²) >= 11 is 1.21. The second-order valence-electron chi connectivity index (χ2n) is 10.3. The van der Waals surface area contributed by atoms with Crippen LogP contribution in [0.2, 0.25) is 0 Å². The van der Waals surface area contributed by atoms with Gasteiger partial charge in [-0.05, 0) is 62.2 Å². The summed E-state index contributed by atoms with van der Waals surface area (Å²) in [6, 6.07) is 9.73. The lowest BCUT2D eigenvalue weighted by Gasteiger charge is -2.26. The maximum atomic E-state index is 14.1. The van der Waals surface area contributed by atoms with Gasteiger partial charge in [0.1, 0.15) is 0 Å². The molecule has 13 heteroatoms. The molecule has 0 bridgehead atoms. The molecule has 1 atom stereocenters. The van der Waals surface area contributed by atoms with Gasteiger partial charge in [0.05, 0.1) is 62.5 Å². The lowest BCUT2D eigenvalue weighted by atomic mass is 9.95. The van der Waals surface area contributed by atoms with Crippen molar-refractivity contribution in [1.29, 1.82) is 0 Å². The number of nitrogens with zero attached hydrogens (tertiary/aromatic N) is 3. The van der Waals surface area contributed by atoms with Crippen molar-refractivity contribution < 1.29 is 38.0 Å². The van der Waals surface area contributed by atoms with Gasteiger partial charge in [-0.3, -0.25) is 14.2 Å². The molecule has 5 rings (SSSR count). The summed E-state index contributed by atoms with van der Waals surface area (Å²) in [6.07, 6.45) is 1.73. The van der Waals surface area contributed by atoms with E-state index in [0.29, 0.717) is 82.1 Å². The third-order valence-corrected chi connectivity index (χ3v) is 8.50. The van der Waals surface area contributed by atoms with Gasteiger partial charge in [-0.1, -0.05) is 23.5 Å². The summed E-state index contributed by atoms with van der Waals surface area (Å²) in [5.41, 5.74) is 1.72. The number of hydrogen-bond acceptors (Lipinski definition) is 11. The third-order valence-electron chi connectivity index (χ3n) is 7.52. The highest BCUT2D eigenvalue weighted by molar-refractivity contribution is 7.07. The van der Waals surface area contributed by atoms with E-state index in [1.165, 1.54) is 23.0 Å². The minimum atomic E-state index is -0.808. The molecule has 3 aromatic rings. The summed E-state index contributed by atoms with van der Waals surface area (Å²) in [4.78, 5) is 46.7. The van der Waals surface area contributed by atoms with Gasteiger partial charge in [0.2, 0.25) is 0 Å². The average molecular weight is 652 g/mol. The first-order valence-corrected chi connectivity index (χ1v) is 15.8. The van der Waals surface area contributed by atoms with Crippen molar-refractivity contribution in [2.45, 2.75) is 26.8 Å². The van der Waals surface area contributed by atoms with Crippen LogP contribution < -0.4 is 33.8 Å². The zero-order valence-electron chi connectivity index (χ0n) is 26.5. The maximum absolute atomic E-state index is 14.1. The molecule has 1 amide bonds. The van der Waals surface area contributed by atoms with Crippen LogP contribution >= 0.6 is 11.3 Å². The van der Waals surface area contributed by atoms with Crippen LogP contribution in [0, 0.1) is 0 Å². The Morgan fingerprint density at radius 1 is 0.978 bits per heavy atom. The largest absolute Gasteiger partial charge is 0.493 e. The van der Waals surface area contributed by atoms with Gasteiger partial charge in [0, 0.05) is 13.1 Å². The normalized spacial score (nSPS) is 16.4. The number of thiazole rings is 1. The monoisotopic (exact) mass is 651 g/mol. The predicted molar refractivity (Wildman–Crippen MR) is 170 cm³/mol. The Morgan fingerprint density at radius 2 is 1.72 bits per heavy atom. The molecule has 46 heavy (non-hydrogen) atoms. The number of aromatic nitrogens is 1. The Kier molecular flexibility index (Phi) is 10.4. The first kappa shape index (κ1) is 32.8. The van der Waals surface area contributed by atoms with Gasteiger partial charge in [0.25, 0.3) is 11.5 Å². The zero-order valence-corrected chi connectivity index (χ0v) is 27.3. The number of amides is 1. The quantitative estimate of drug-likeness (QED) is 0.288. The fourth-order valence-corrected chi connectivity index (χ4v) is 6.37. The molecule has 1 fully saturated rings. The van der Waals surface area contributed by atoms with Gasteiger partial charge < -0.3 is 33.3 Å². The molecular formula is C33H37N3O9S. The summed E-state index contributed by atoms with van der Waals surface area (Å²) in [5.74, 6) is 1.15. The molecule has 244 valence electrons. The predicted octanol–water partition coefficient (Wildman–Crippen LogP) is 2.45. The van der Waals surface area contributed by atoms with E-state index in [-0.39, 0.29) is 30.3 Å². The van der Waals surface area contributed by atoms with Crippen LogP contribution in [0.4, 0.5) is 0 Å². The van der Waals surface area contributed by atoms with Crippen molar-refractivity contribution >= 4 is 29.3 Å². The molecule has 0 saturated carbocycles. The molecule has 2 aromatic carbocycles. The fraction of sp³-hybridized carbons (Fsp3) is 0.394. The Hall–Kier alpha value is -4.62. The van der Waals surface area contributed by atoms with Crippen LogP contribution in [0.1, 0.15) is 37.9 Å². The number of morpholine rings is 1. The minimum Gasteiger partial charge on any atom is -0.493 e. The summed E-state index contributed by atoms with van der Waals surface area (Å²) < 4.78 is 35.2. The Bertz CT molecular complexity index is 1820. The van der Waals surface area contributed by atoms with Crippen LogP contribution in [0.25, 0.3) is 6.08 Å². The Balaban J connectivity index is 1.52. The number of fused-ring (bicyclic) bond motifs is 1. The molecule has 3 heterocycles. The average Bonchev–Trinajstić information content (AvgIpc) is 3.37. The van der Waals surface area contributed by atoms with E-state index in [2.05, 4.69) is 4.99 Å². The number of ether oxygens (including phenoxy) is 6. The third kappa shape index (κ3) is 6.80. The van der Waals surface area contributed by atoms with Gasteiger partial charge in [-0.15, -0.1) is 0 Å². The standard InChI is InChI=1S/C33H37N3O9S/c1-6-43-26-18-22(9-11-23(26)40-4)30-29(32(39)44-7-2)20(3)34-33-36(30)31(38)27(46-33)17-21-8-10-24(25(16-21)41-5)45-19-28(37)35-12-14-42-15-13-35/h8-11,16-18,30H,6-7,12-15,19H2,1-5H3/b27-17+/t30-/m1/s1. The minimum absolute atomic E-state index is 0.132. The number of esters is 1. The molecule has 1 aromatic heterocycles. The van der Waals surface area contributed by atoms with Crippen LogP contribution in [0.15, 0.2) is 57.5 Å². The van der Waals surface area contributed by atoms with E-state index in [4.69, 9.17) is 28.4 Å². The van der Waals surface area contributed by atoms with Crippen molar-refractivity contribution in [3.05, 3.63) is 78.5 Å². The highest BCUT2D eigenvalue weighted by atomic mass is 32.1. The maximum Gasteiger partial charge on any atom is 0.338 e. The number of methoxy groups -OCH3 is 2. The van der Waals surface area contributed by atoms with Crippen molar-refractivity contribution in [1.82, 2.24) is 9.47 Å². The number of allylic oxidation sites excluding steroid dienone is 1. The summed E-state index contributed by atoms with van der Waals surface area (Å²) in [6.45, 7) is 7.84. The topological polar surface area (TPSA) is 127 Å². The number of benzene rings is 2. The second-order valence-corrected chi connectivity index (χ2v) is 11.3.